The van der Waals surface area contributed by atoms with Crippen LogP contribution in [0.25, 0.3) is 0 Å². The van der Waals surface area contributed by atoms with Gasteiger partial charge >= 0.3 is 6.18 Å². The number of alkyl halides is 3. The van der Waals surface area contributed by atoms with Crippen molar-refractivity contribution in [1.29, 1.82) is 0 Å². The molecule has 0 aromatic carbocycles. The van der Waals surface area contributed by atoms with Crippen molar-refractivity contribution in [1.82, 2.24) is 5.32 Å². The number of aliphatic hydroxyl groups excluding tert-OH is 1. The Morgan fingerprint density at radius 1 is 1.37 bits per heavy atom. The predicted octanol–water partition coefficient (Wildman–Crippen LogP) is 2.63. The molecule has 19 heavy (non-hydrogen) atoms. The maximum atomic E-state index is 12.5. The van der Waals surface area contributed by atoms with Crippen LogP contribution >= 0.6 is 0 Å². The number of ether oxygens (including phenoxy) is 1. The van der Waals surface area contributed by atoms with Gasteiger partial charge in [-0.25, -0.2) is 0 Å². The topological polar surface area (TPSA) is 41.5 Å². The molecule has 1 fully saturated rings. The van der Waals surface area contributed by atoms with Crippen molar-refractivity contribution < 1.29 is 23.0 Å². The second kappa shape index (κ2) is 6.41. The minimum absolute atomic E-state index is 0.0779. The van der Waals surface area contributed by atoms with Gasteiger partial charge in [-0.3, -0.25) is 0 Å². The minimum atomic E-state index is -4.33. The smallest absolute Gasteiger partial charge is 0.394 e. The Bertz CT molecular complexity index is 284. The average Bonchev–Trinajstić information content (AvgIpc) is 2.27. The van der Waals surface area contributed by atoms with E-state index in [2.05, 4.69) is 5.32 Å². The molecule has 0 aromatic rings. The lowest BCUT2D eigenvalue weighted by atomic mass is 9.80. The summed E-state index contributed by atoms with van der Waals surface area (Å²) in [5.74, 6) is 0. The van der Waals surface area contributed by atoms with Gasteiger partial charge in [0.05, 0.1) is 12.7 Å². The lowest BCUT2D eigenvalue weighted by molar-refractivity contribution is -0.231. The molecule has 0 heterocycles. The van der Waals surface area contributed by atoms with Gasteiger partial charge in [-0.15, -0.1) is 0 Å². The van der Waals surface area contributed by atoms with Crippen molar-refractivity contribution >= 4 is 0 Å². The van der Waals surface area contributed by atoms with Gasteiger partial charge in [0.25, 0.3) is 0 Å². The molecular formula is C13H24F3NO2. The molecule has 0 aromatic heterocycles. The van der Waals surface area contributed by atoms with Crippen LogP contribution in [0.5, 0.6) is 0 Å². The second-order valence-corrected chi connectivity index (χ2v) is 5.78. The molecule has 0 amide bonds. The van der Waals surface area contributed by atoms with E-state index in [0.717, 1.165) is 19.8 Å². The zero-order chi connectivity index (χ0) is 14.7. The standard InChI is InChI=1S/C13H24F3NO2/c1-9(2)17-12(8-18)6-4-5-11(7-12)19-10(3)13(14,15)16/h9-11,17-18H,4-8H2,1-3H3. The number of nitrogens with one attached hydrogen (secondary N) is 1. The largest absolute Gasteiger partial charge is 0.414 e. The Hall–Kier alpha value is -0.330. The molecule has 3 unspecified atom stereocenters. The summed E-state index contributed by atoms with van der Waals surface area (Å²) < 4.78 is 42.6. The first-order chi connectivity index (χ1) is 8.68. The minimum Gasteiger partial charge on any atom is -0.394 e. The van der Waals surface area contributed by atoms with E-state index in [9.17, 15) is 18.3 Å². The van der Waals surface area contributed by atoms with Crippen LogP contribution in [0, 0.1) is 0 Å². The maximum absolute atomic E-state index is 12.5. The number of hydrogen-bond donors (Lipinski definition) is 2. The third-order valence-electron chi connectivity index (χ3n) is 3.55. The van der Waals surface area contributed by atoms with E-state index in [1.165, 1.54) is 0 Å². The molecule has 0 saturated heterocycles. The highest BCUT2D eigenvalue weighted by atomic mass is 19.4. The Morgan fingerprint density at radius 3 is 2.47 bits per heavy atom. The predicted molar refractivity (Wildman–Crippen MR) is 66.9 cm³/mol. The summed E-state index contributed by atoms with van der Waals surface area (Å²) in [6.07, 6.45) is -3.98. The molecule has 6 heteroatoms. The number of halogens is 3. The molecule has 1 rings (SSSR count). The van der Waals surface area contributed by atoms with Crippen LogP contribution in [-0.2, 0) is 4.74 Å². The first kappa shape index (κ1) is 16.7. The summed E-state index contributed by atoms with van der Waals surface area (Å²) in [4.78, 5) is 0. The van der Waals surface area contributed by atoms with Gasteiger partial charge in [-0.05, 0) is 32.6 Å². The van der Waals surface area contributed by atoms with Crippen LogP contribution in [0.4, 0.5) is 13.2 Å². The molecule has 2 N–H and O–H groups in total. The summed E-state index contributed by atoms with van der Waals surface area (Å²) in [6.45, 7) is 4.87. The van der Waals surface area contributed by atoms with Crippen molar-refractivity contribution in [3.63, 3.8) is 0 Å². The Balaban J connectivity index is 2.62. The third kappa shape index (κ3) is 4.93. The molecule has 3 nitrogen and oxygen atoms in total. The van der Waals surface area contributed by atoms with E-state index in [0.29, 0.717) is 12.8 Å². The number of rotatable bonds is 5. The van der Waals surface area contributed by atoms with Crippen LogP contribution in [0.1, 0.15) is 46.5 Å². The Kier molecular flexibility index (Phi) is 5.65. The van der Waals surface area contributed by atoms with Gasteiger partial charge in [-0.1, -0.05) is 13.8 Å². The van der Waals surface area contributed by atoms with Crippen molar-refractivity contribution in [2.45, 2.75) is 76.4 Å². The lowest BCUT2D eigenvalue weighted by Gasteiger charge is -2.42. The molecule has 1 aliphatic carbocycles. The van der Waals surface area contributed by atoms with Crippen molar-refractivity contribution in [2.24, 2.45) is 0 Å². The number of aliphatic hydroxyl groups is 1. The second-order valence-electron chi connectivity index (χ2n) is 5.78. The first-order valence-electron chi connectivity index (χ1n) is 6.79. The Morgan fingerprint density at radius 2 is 2.00 bits per heavy atom. The molecule has 3 atom stereocenters. The van der Waals surface area contributed by atoms with Gasteiger partial charge in [0.1, 0.15) is 0 Å². The summed E-state index contributed by atoms with van der Waals surface area (Å²) in [6, 6.07) is 0.172. The van der Waals surface area contributed by atoms with E-state index < -0.39 is 23.9 Å². The van der Waals surface area contributed by atoms with Gasteiger partial charge in [0.15, 0.2) is 6.10 Å². The van der Waals surface area contributed by atoms with Crippen LogP contribution < -0.4 is 5.32 Å². The molecule has 0 spiro atoms. The van der Waals surface area contributed by atoms with E-state index in [4.69, 9.17) is 4.74 Å². The van der Waals surface area contributed by atoms with Gasteiger partial charge in [0.2, 0.25) is 0 Å². The third-order valence-corrected chi connectivity index (χ3v) is 3.55. The quantitative estimate of drug-likeness (QED) is 0.815. The zero-order valence-corrected chi connectivity index (χ0v) is 11.8. The highest BCUT2D eigenvalue weighted by molar-refractivity contribution is 4.95. The monoisotopic (exact) mass is 283 g/mol. The van der Waals surface area contributed by atoms with Crippen molar-refractivity contribution in [3.05, 3.63) is 0 Å². The molecule has 0 aliphatic heterocycles. The summed E-state index contributed by atoms with van der Waals surface area (Å²) in [7, 11) is 0. The van der Waals surface area contributed by atoms with Gasteiger partial charge < -0.3 is 15.2 Å². The highest BCUT2D eigenvalue weighted by Crippen LogP contribution is 2.33. The van der Waals surface area contributed by atoms with Crippen LogP contribution in [0.2, 0.25) is 0 Å². The highest BCUT2D eigenvalue weighted by Gasteiger charge is 2.42. The van der Waals surface area contributed by atoms with E-state index >= 15 is 0 Å². The molecular weight excluding hydrogens is 259 g/mol. The molecule has 0 radical (unpaired) electrons. The summed E-state index contributed by atoms with van der Waals surface area (Å²) in [5, 5.41) is 12.8. The molecule has 1 saturated carbocycles. The molecule has 114 valence electrons. The van der Waals surface area contributed by atoms with E-state index in [-0.39, 0.29) is 12.6 Å². The maximum Gasteiger partial charge on any atom is 0.414 e. The molecule has 0 bridgehead atoms. The lowest BCUT2D eigenvalue weighted by Crippen LogP contribution is -2.56. The molecule has 1 aliphatic rings. The van der Waals surface area contributed by atoms with Gasteiger partial charge in [0, 0.05) is 11.6 Å². The van der Waals surface area contributed by atoms with Crippen LogP contribution in [-0.4, -0.2) is 41.7 Å². The summed E-state index contributed by atoms with van der Waals surface area (Å²) in [5.41, 5.74) is -0.512. The van der Waals surface area contributed by atoms with Crippen molar-refractivity contribution in [2.75, 3.05) is 6.61 Å². The van der Waals surface area contributed by atoms with Crippen LogP contribution in [0.3, 0.4) is 0 Å². The fourth-order valence-corrected chi connectivity index (χ4v) is 2.72. The fraction of sp³-hybridized carbons (Fsp3) is 1.00. The normalized spacial score (nSPS) is 30.6. The van der Waals surface area contributed by atoms with E-state index in [1.54, 1.807) is 0 Å². The van der Waals surface area contributed by atoms with E-state index in [1.807, 2.05) is 13.8 Å². The Labute approximate surface area is 112 Å². The average molecular weight is 283 g/mol. The van der Waals surface area contributed by atoms with Crippen LogP contribution in [0.15, 0.2) is 0 Å². The zero-order valence-electron chi connectivity index (χ0n) is 11.8. The van der Waals surface area contributed by atoms with Crippen molar-refractivity contribution in [3.8, 4) is 0 Å². The first-order valence-corrected chi connectivity index (χ1v) is 6.79. The fourth-order valence-electron chi connectivity index (χ4n) is 2.72. The van der Waals surface area contributed by atoms with Gasteiger partial charge in [-0.2, -0.15) is 13.2 Å². The summed E-state index contributed by atoms with van der Waals surface area (Å²) >= 11 is 0. The number of hydrogen-bond acceptors (Lipinski definition) is 3. The SMILES string of the molecule is CC(C)NC1(CO)CCCC(OC(C)C(F)(F)F)C1.